The van der Waals surface area contributed by atoms with E-state index in [1.807, 2.05) is 6.92 Å². The number of hydrogen-bond donors (Lipinski definition) is 2. The van der Waals surface area contributed by atoms with Crippen molar-refractivity contribution in [1.29, 1.82) is 0 Å². The van der Waals surface area contributed by atoms with Gasteiger partial charge in [0.05, 0.1) is 3.79 Å². The molecule has 0 saturated carbocycles. The molecule has 0 aliphatic heterocycles. The van der Waals surface area contributed by atoms with E-state index in [2.05, 4.69) is 38.4 Å². The molecule has 0 aliphatic rings. The lowest BCUT2D eigenvalue weighted by Gasteiger charge is -2.04. The molecule has 7 heteroatoms. The molecule has 1 aromatic heterocycles. The first kappa shape index (κ1) is 19.1. The predicted octanol–water partition coefficient (Wildman–Crippen LogP) is 3.00. The van der Waals surface area contributed by atoms with Gasteiger partial charge in [-0.2, -0.15) is 0 Å². The van der Waals surface area contributed by atoms with Gasteiger partial charge in [-0.3, -0.25) is 4.99 Å². The minimum absolute atomic E-state index is 0. The number of ether oxygens (including phenoxy) is 1. The third-order valence-electron chi connectivity index (χ3n) is 2.24. The second kappa shape index (κ2) is 11.9. The molecular weight excluding hydrogens is 441 g/mol. The quantitative estimate of drug-likeness (QED) is 0.271. The minimum atomic E-state index is 0. The first-order chi connectivity index (χ1) is 8.72. The summed E-state index contributed by atoms with van der Waals surface area (Å²) >= 11 is 5.19. The molecule has 0 saturated heterocycles. The van der Waals surface area contributed by atoms with Crippen LogP contribution >= 0.6 is 51.2 Å². The zero-order chi connectivity index (χ0) is 13.2. The first-order valence-electron chi connectivity index (χ1n) is 6.08. The molecular formula is C12H21BrIN3OS. The molecule has 0 amide bonds. The molecule has 0 fully saturated rings. The highest BCUT2D eigenvalue weighted by atomic mass is 127. The first-order valence-corrected chi connectivity index (χ1v) is 7.69. The Morgan fingerprint density at radius 3 is 2.95 bits per heavy atom. The molecule has 110 valence electrons. The van der Waals surface area contributed by atoms with E-state index in [0.717, 1.165) is 36.4 Å². The monoisotopic (exact) mass is 461 g/mol. The Bertz CT molecular complexity index is 374. The smallest absolute Gasteiger partial charge is 0.188 e. The van der Waals surface area contributed by atoms with Crippen molar-refractivity contribution in [1.82, 2.24) is 5.32 Å². The van der Waals surface area contributed by atoms with Crippen LogP contribution in [0.15, 0.2) is 20.9 Å². The molecule has 1 rings (SSSR count). The summed E-state index contributed by atoms with van der Waals surface area (Å²) in [6, 6.07) is 4.18. The molecule has 1 aromatic rings. The second-order valence-electron chi connectivity index (χ2n) is 3.70. The van der Waals surface area contributed by atoms with Gasteiger partial charge in [-0.15, -0.1) is 35.3 Å². The SMILES string of the molecule is CCOCCCN=C(N)NCCc1ccc(Br)s1.I. The Kier molecular flexibility index (Phi) is 12.0. The van der Waals surface area contributed by atoms with Crippen molar-refractivity contribution in [2.75, 3.05) is 26.3 Å². The predicted molar refractivity (Wildman–Crippen MR) is 96.7 cm³/mol. The number of nitrogens with one attached hydrogen (secondary N) is 1. The van der Waals surface area contributed by atoms with Crippen LogP contribution in [0, 0.1) is 0 Å². The Morgan fingerprint density at radius 2 is 2.32 bits per heavy atom. The normalized spacial score (nSPS) is 11.2. The number of halogens is 2. The van der Waals surface area contributed by atoms with E-state index in [0.29, 0.717) is 12.5 Å². The van der Waals surface area contributed by atoms with Crippen molar-refractivity contribution < 1.29 is 4.74 Å². The van der Waals surface area contributed by atoms with Crippen molar-refractivity contribution in [3.05, 3.63) is 20.8 Å². The van der Waals surface area contributed by atoms with Crippen LogP contribution in [0.25, 0.3) is 0 Å². The summed E-state index contributed by atoms with van der Waals surface area (Å²) in [5.41, 5.74) is 5.75. The summed E-state index contributed by atoms with van der Waals surface area (Å²) in [6.45, 7) is 5.02. The van der Waals surface area contributed by atoms with Crippen LogP contribution in [0.4, 0.5) is 0 Å². The van der Waals surface area contributed by atoms with Gasteiger partial charge in [-0.25, -0.2) is 0 Å². The average molecular weight is 462 g/mol. The van der Waals surface area contributed by atoms with E-state index < -0.39 is 0 Å². The van der Waals surface area contributed by atoms with E-state index in [4.69, 9.17) is 10.5 Å². The average Bonchev–Trinajstić information content (AvgIpc) is 2.75. The molecule has 19 heavy (non-hydrogen) atoms. The molecule has 0 spiro atoms. The third-order valence-corrected chi connectivity index (χ3v) is 3.92. The number of hydrogen-bond acceptors (Lipinski definition) is 3. The van der Waals surface area contributed by atoms with Crippen molar-refractivity contribution in [3.8, 4) is 0 Å². The lowest BCUT2D eigenvalue weighted by molar-refractivity contribution is 0.146. The van der Waals surface area contributed by atoms with E-state index in [1.54, 1.807) is 11.3 Å². The summed E-state index contributed by atoms with van der Waals surface area (Å²) in [6.07, 6.45) is 1.87. The molecule has 0 aliphatic carbocycles. The number of guanidine groups is 1. The Hall–Kier alpha value is 0.140. The van der Waals surface area contributed by atoms with E-state index in [-0.39, 0.29) is 24.0 Å². The van der Waals surface area contributed by atoms with Crippen molar-refractivity contribution in [3.63, 3.8) is 0 Å². The molecule has 0 aromatic carbocycles. The molecule has 0 atom stereocenters. The summed E-state index contributed by atoms with van der Waals surface area (Å²) in [5, 5.41) is 3.11. The highest BCUT2D eigenvalue weighted by Gasteiger charge is 1.98. The number of rotatable bonds is 8. The summed E-state index contributed by atoms with van der Waals surface area (Å²) < 4.78 is 6.39. The van der Waals surface area contributed by atoms with Crippen LogP contribution in [-0.4, -0.2) is 32.3 Å². The fourth-order valence-electron chi connectivity index (χ4n) is 1.37. The fraction of sp³-hybridized carbons (Fsp3) is 0.583. The maximum atomic E-state index is 5.75. The molecule has 3 N–H and O–H groups in total. The highest BCUT2D eigenvalue weighted by Crippen LogP contribution is 2.21. The zero-order valence-electron chi connectivity index (χ0n) is 11.0. The lowest BCUT2D eigenvalue weighted by Crippen LogP contribution is -2.33. The van der Waals surface area contributed by atoms with Crippen molar-refractivity contribution in [2.45, 2.75) is 19.8 Å². The maximum Gasteiger partial charge on any atom is 0.188 e. The van der Waals surface area contributed by atoms with Gasteiger partial charge in [0.25, 0.3) is 0 Å². The summed E-state index contributed by atoms with van der Waals surface area (Å²) in [4.78, 5) is 5.56. The van der Waals surface area contributed by atoms with Gasteiger partial charge in [-0.05, 0) is 47.8 Å². The Labute approximate surface area is 144 Å². The number of nitrogens with zero attached hydrogens (tertiary/aromatic N) is 1. The van der Waals surface area contributed by atoms with E-state index in [9.17, 15) is 0 Å². The van der Waals surface area contributed by atoms with Crippen LogP contribution in [0.3, 0.4) is 0 Å². The van der Waals surface area contributed by atoms with Crippen molar-refractivity contribution in [2.24, 2.45) is 10.7 Å². The Morgan fingerprint density at radius 1 is 1.53 bits per heavy atom. The number of aliphatic imine (C=N–C) groups is 1. The standard InChI is InChI=1S/C12H20BrN3OS.HI/c1-2-17-9-3-7-15-12(14)16-8-6-10-4-5-11(13)18-10;/h4-5H,2-3,6-9H2,1H3,(H3,14,15,16);1H. The van der Waals surface area contributed by atoms with Gasteiger partial charge in [-0.1, -0.05) is 0 Å². The minimum Gasteiger partial charge on any atom is -0.382 e. The van der Waals surface area contributed by atoms with Crippen molar-refractivity contribution >= 4 is 57.2 Å². The van der Waals surface area contributed by atoms with Crippen LogP contribution in [-0.2, 0) is 11.2 Å². The number of nitrogens with two attached hydrogens (primary N) is 1. The largest absolute Gasteiger partial charge is 0.382 e. The van der Waals surface area contributed by atoms with Gasteiger partial charge in [0, 0.05) is 31.2 Å². The summed E-state index contributed by atoms with van der Waals surface area (Å²) in [7, 11) is 0. The van der Waals surface area contributed by atoms with Gasteiger partial charge in [0.1, 0.15) is 0 Å². The molecule has 1 heterocycles. The van der Waals surface area contributed by atoms with Crippen LogP contribution < -0.4 is 11.1 Å². The van der Waals surface area contributed by atoms with Gasteiger partial charge in [0.15, 0.2) is 5.96 Å². The lowest BCUT2D eigenvalue weighted by atomic mass is 10.3. The Balaban J connectivity index is 0.00000324. The van der Waals surface area contributed by atoms with Gasteiger partial charge < -0.3 is 15.8 Å². The van der Waals surface area contributed by atoms with Gasteiger partial charge in [0.2, 0.25) is 0 Å². The molecule has 4 nitrogen and oxygen atoms in total. The van der Waals surface area contributed by atoms with E-state index >= 15 is 0 Å². The third kappa shape index (κ3) is 9.64. The number of thiophene rings is 1. The highest BCUT2D eigenvalue weighted by molar-refractivity contribution is 14.0. The van der Waals surface area contributed by atoms with Gasteiger partial charge >= 0.3 is 0 Å². The van der Waals surface area contributed by atoms with Crippen LogP contribution in [0.5, 0.6) is 0 Å². The molecule has 0 unspecified atom stereocenters. The van der Waals surface area contributed by atoms with Crippen LogP contribution in [0.2, 0.25) is 0 Å². The summed E-state index contributed by atoms with van der Waals surface area (Å²) in [5.74, 6) is 0.516. The van der Waals surface area contributed by atoms with Crippen LogP contribution in [0.1, 0.15) is 18.2 Å². The fourth-order valence-corrected chi connectivity index (χ4v) is 2.85. The zero-order valence-corrected chi connectivity index (χ0v) is 15.8. The second-order valence-corrected chi connectivity index (χ2v) is 6.25. The molecule has 0 bridgehead atoms. The topological polar surface area (TPSA) is 59.6 Å². The maximum absolute atomic E-state index is 5.75. The molecule has 0 radical (unpaired) electrons. The van der Waals surface area contributed by atoms with E-state index in [1.165, 1.54) is 4.88 Å².